The van der Waals surface area contributed by atoms with Crippen LogP contribution >= 0.6 is 0 Å². The summed E-state index contributed by atoms with van der Waals surface area (Å²) < 4.78 is 4.81. The van der Waals surface area contributed by atoms with Gasteiger partial charge < -0.3 is 14.0 Å². The Balaban J connectivity index is 1.08. The topological polar surface area (TPSA) is 13.1 Å². The summed E-state index contributed by atoms with van der Waals surface area (Å²) in [6.07, 6.45) is 0. The van der Waals surface area contributed by atoms with Gasteiger partial charge in [-0.2, -0.15) is 0 Å². The van der Waals surface area contributed by atoms with E-state index in [0.29, 0.717) is 0 Å². The van der Waals surface area contributed by atoms with Crippen molar-refractivity contribution in [1.29, 1.82) is 0 Å². The number of anilines is 3. The predicted molar refractivity (Wildman–Crippen MR) is 241 cm³/mol. The second-order valence-corrected chi connectivity index (χ2v) is 14.6. The molecule has 0 radical (unpaired) electrons. The number of para-hydroxylation sites is 3. The standard InChI is InChI=1S/C54H37N3/c1-5-16-38(17-6-1)40-28-35-51-49(36-40)47-24-13-14-26-50(47)56(51)44-31-29-43(30-32-44)55(41-20-9-3-10-21-41)45-33-34-48-53(37-45)57(42-22-11-4-12-23-42)52-27-15-25-46(54(48)52)39-18-7-2-8-19-39/h1-37H. The van der Waals surface area contributed by atoms with Gasteiger partial charge in [-0.05, 0) is 107 Å². The lowest BCUT2D eigenvalue weighted by molar-refractivity contribution is 1.17. The van der Waals surface area contributed by atoms with Crippen molar-refractivity contribution in [1.82, 2.24) is 9.13 Å². The number of benzene rings is 9. The Labute approximate surface area is 331 Å². The molecule has 2 aromatic heterocycles. The molecule has 3 heteroatoms. The number of hydrogen-bond acceptors (Lipinski definition) is 1. The van der Waals surface area contributed by atoms with E-state index in [1.165, 1.54) is 60.3 Å². The highest BCUT2D eigenvalue weighted by Gasteiger charge is 2.20. The van der Waals surface area contributed by atoms with Gasteiger partial charge in [0.25, 0.3) is 0 Å². The summed E-state index contributed by atoms with van der Waals surface area (Å²) in [7, 11) is 0. The first-order chi connectivity index (χ1) is 28.3. The Morgan fingerprint density at radius 3 is 1.60 bits per heavy atom. The minimum Gasteiger partial charge on any atom is -0.310 e. The van der Waals surface area contributed by atoms with E-state index in [4.69, 9.17) is 0 Å². The molecule has 0 atom stereocenters. The number of aromatic nitrogens is 2. The van der Waals surface area contributed by atoms with E-state index in [-0.39, 0.29) is 0 Å². The minimum absolute atomic E-state index is 1.09. The molecule has 268 valence electrons. The largest absolute Gasteiger partial charge is 0.310 e. The van der Waals surface area contributed by atoms with Gasteiger partial charge in [0.1, 0.15) is 0 Å². The minimum atomic E-state index is 1.09. The number of rotatable bonds is 7. The molecule has 0 bridgehead atoms. The fourth-order valence-electron chi connectivity index (χ4n) is 8.74. The molecule has 57 heavy (non-hydrogen) atoms. The third kappa shape index (κ3) is 5.51. The Kier molecular flexibility index (Phi) is 7.82. The zero-order valence-electron chi connectivity index (χ0n) is 31.2. The molecule has 0 saturated heterocycles. The SMILES string of the molecule is c1ccc(-c2ccc3c(c2)c2ccccc2n3-c2ccc(N(c3ccccc3)c3ccc4c5c(-c6ccccc6)cccc5n(-c5ccccc5)c4c3)cc2)cc1. The normalized spacial score (nSPS) is 11.5. The molecule has 0 aliphatic rings. The van der Waals surface area contributed by atoms with Gasteiger partial charge in [0, 0.05) is 50.0 Å². The Hall–Kier alpha value is -7.62. The third-order valence-corrected chi connectivity index (χ3v) is 11.3. The van der Waals surface area contributed by atoms with Gasteiger partial charge in [-0.25, -0.2) is 0 Å². The van der Waals surface area contributed by atoms with Gasteiger partial charge in [-0.1, -0.05) is 140 Å². The van der Waals surface area contributed by atoms with Crippen LogP contribution in [-0.4, -0.2) is 9.13 Å². The van der Waals surface area contributed by atoms with Crippen molar-refractivity contribution < 1.29 is 0 Å². The molecular weight excluding hydrogens is 691 g/mol. The molecule has 2 heterocycles. The average Bonchev–Trinajstić information content (AvgIpc) is 3.80. The number of nitrogens with zero attached hydrogens (tertiary/aromatic N) is 3. The van der Waals surface area contributed by atoms with E-state index in [0.717, 1.165) is 34.0 Å². The van der Waals surface area contributed by atoms with Gasteiger partial charge >= 0.3 is 0 Å². The van der Waals surface area contributed by atoms with Crippen molar-refractivity contribution in [2.45, 2.75) is 0 Å². The van der Waals surface area contributed by atoms with Crippen molar-refractivity contribution >= 4 is 60.7 Å². The molecular formula is C54H37N3. The lowest BCUT2D eigenvalue weighted by Crippen LogP contribution is -2.10. The van der Waals surface area contributed by atoms with E-state index in [1.54, 1.807) is 0 Å². The van der Waals surface area contributed by atoms with E-state index in [2.05, 4.69) is 238 Å². The summed E-state index contributed by atoms with van der Waals surface area (Å²) in [5, 5.41) is 4.98. The predicted octanol–water partition coefficient (Wildman–Crippen LogP) is 14.7. The molecule has 0 N–H and O–H groups in total. The molecule has 11 aromatic rings. The summed E-state index contributed by atoms with van der Waals surface area (Å²) in [4.78, 5) is 2.37. The Morgan fingerprint density at radius 2 is 0.842 bits per heavy atom. The maximum atomic E-state index is 2.42. The van der Waals surface area contributed by atoms with Crippen LogP contribution in [0.15, 0.2) is 224 Å². The summed E-state index contributed by atoms with van der Waals surface area (Å²) in [6.45, 7) is 0. The highest BCUT2D eigenvalue weighted by molar-refractivity contribution is 6.16. The van der Waals surface area contributed by atoms with Gasteiger partial charge in [0.15, 0.2) is 0 Å². The monoisotopic (exact) mass is 727 g/mol. The van der Waals surface area contributed by atoms with Crippen LogP contribution in [0.2, 0.25) is 0 Å². The van der Waals surface area contributed by atoms with Crippen LogP contribution in [0.25, 0.3) is 77.2 Å². The van der Waals surface area contributed by atoms with Crippen molar-refractivity contribution in [2.75, 3.05) is 4.90 Å². The van der Waals surface area contributed by atoms with Gasteiger partial charge in [-0.3, -0.25) is 0 Å². The first kappa shape index (κ1) is 32.8. The lowest BCUT2D eigenvalue weighted by atomic mass is 9.99. The molecule has 0 aliphatic carbocycles. The molecule has 0 aliphatic heterocycles. The maximum Gasteiger partial charge on any atom is 0.0562 e. The second-order valence-electron chi connectivity index (χ2n) is 14.6. The molecule has 0 saturated carbocycles. The lowest BCUT2D eigenvalue weighted by Gasteiger charge is -2.26. The van der Waals surface area contributed by atoms with E-state index in [9.17, 15) is 0 Å². The fourth-order valence-corrected chi connectivity index (χ4v) is 8.74. The number of fused-ring (bicyclic) bond motifs is 6. The smallest absolute Gasteiger partial charge is 0.0562 e. The van der Waals surface area contributed by atoms with E-state index in [1.807, 2.05) is 0 Å². The zero-order chi connectivity index (χ0) is 37.7. The fraction of sp³-hybridized carbons (Fsp3) is 0. The highest BCUT2D eigenvalue weighted by atomic mass is 15.1. The molecule has 9 aromatic carbocycles. The highest BCUT2D eigenvalue weighted by Crippen LogP contribution is 2.43. The molecule has 3 nitrogen and oxygen atoms in total. The van der Waals surface area contributed by atoms with Crippen LogP contribution in [0.5, 0.6) is 0 Å². The van der Waals surface area contributed by atoms with Crippen LogP contribution in [0.3, 0.4) is 0 Å². The summed E-state index contributed by atoms with van der Waals surface area (Å²) in [6, 6.07) is 81.0. The van der Waals surface area contributed by atoms with Crippen molar-refractivity contribution in [3.63, 3.8) is 0 Å². The van der Waals surface area contributed by atoms with Crippen LogP contribution in [-0.2, 0) is 0 Å². The van der Waals surface area contributed by atoms with Crippen LogP contribution < -0.4 is 4.90 Å². The Morgan fingerprint density at radius 1 is 0.281 bits per heavy atom. The number of hydrogen-bond donors (Lipinski definition) is 0. The van der Waals surface area contributed by atoms with Crippen LogP contribution in [0.4, 0.5) is 17.1 Å². The van der Waals surface area contributed by atoms with Gasteiger partial charge in [-0.15, -0.1) is 0 Å². The summed E-state index contributed by atoms with van der Waals surface area (Å²) in [5.74, 6) is 0. The molecule has 11 rings (SSSR count). The molecule has 0 unspecified atom stereocenters. The average molecular weight is 728 g/mol. The maximum absolute atomic E-state index is 2.42. The Bertz CT molecular complexity index is 3200. The molecule has 0 spiro atoms. The summed E-state index contributed by atoms with van der Waals surface area (Å²) >= 11 is 0. The molecule has 0 amide bonds. The first-order valence-corrected chi connectivity index (χ1v) is 19.5. The quantitative estimate of drug-likeness (QED) is 0.159. The van der Waals surface area contributed by atoms with E-state index < -0.39 is 0 Å². The third-order valence-electron chi connectivity index (χ3n) is 11.3. The zero-order valence-corrected chi connectivity index (χ0v) is 31.2. The second kappa shape index (κ2) is 13.6. The van der Waals surface area contributed by atoms with Crippen LogP contribution in [0.1, 0.15) is 0 Å². The van der Waals surface area contributed by atoms with E-state index >= 15 is 0 Å². The van der Waals surface area contributed by atoms with Gasteiger partial charge in [0.2, 0.25) is 0 Å². The van der Waals surface area contributed by atoms with Crippen molar-refractivity contribution in [2.24, 2.45) is 0 Å². The summed E-state index contributed by atoms with van der Waals surface area (Å²) in [5.41, 5.74) is 15.2. The molecule has 0 fully saturated rings. The van der Waals surface area contributed by atoms with Crippen LogP contribution in [0, 0.1) is 0 Å². The van der Waals surface area contributed by atoms with Crippen molar-refractivity contribution in [3.05, 3.63) is 224 Å². The first-order valence-electron chi connectivity index (χ1n) is 19.5. The van der Waals surface area contributed by atoms with Crippen molar-refractivity contribution in [3.8, 4) is 33.6 Å². The van der Waals surface area contributed by atoms with Gasteiger partial charge in [0.05, 0.1) is 22.1 Å².